The number of furan rings is 1. The van der Waals surface area contributed by atoms with Crippen LogP contribution in [0, 0.1) is 0 Å². The van der Waals surface area contributed by atoms with Crippen LogP contribution in [0.2, 0.25) is 5.02 Å². The molecule has 2 rings (SSSR count). The van der Waals surface area contributed by atoms with E-state index in [-0.39, 0.29) is 0 Å². The topological polar surface area (TPSA) is 45.4 Å². The monoisotopic (exact) mass is 251 g/mol. The predicted molar refractivity (Wildman–Crippen MR) is 66.8 cm³/mol. The smallest absolute Gasteiger partial charge is 0.133 e. The molecule has 0 aliphatic rings. The van der Waals surface area contributed by atoms with Crippen LogP contribution in [0.4, 0.5) is 0 Å². The number of aliphatic hydroxyl groups is 1. The lowest BCUT2D eigenvalue weighted by molar-refractivity contribution is 0.147. The summed E-state index contributed by atoms with van der Waals surface area (Å²) in [6.45, 7) is 1.05. The Hall–Kier alpha value is -1.29. The number of hydrogen-bond donors (Lipinski definition) is 2. The summed E-state index contributed by atoms with van der Waals surface area (Å²) in [5.74, 6) is 0.566. The van der Waals surface area contributed by atoms with Gasteiger partial charge in [0.2, 0.25) is 0 Å². The van der Waals surface area contributed by atoms with Gasteiger partial charge in [-0.25, -0.2) is 0 Å². The van der Waals surface area contributed by atoms with E-state index >= 15 is 0 Å². The molecule has 1 heterocycles. The van der Waals surface area contributed by atoms with Crippen molar-refractivity contribution in [1.82, 2.24) is 5.32 Å². The molecule has 0 spiro atoms. The van der Waals surface area contributed by atoms with Crippen molar-refractivity contribution >= 4 is 11.6 Å². The lowest BCUT2D eigenvalue weighted by atomic mass is 10.2. The van der Waals surface area contributed by atoms with E-state index < -0.39 is 6.10 Å². The van der Waals surface area contributed by atoms with Crippen LogP contribution in [0.5, 0.6) is 0 Å². The molecule has 0 aliphatic heterocycles. The second-order valence-corrected chi connectivity index (χ2v) is 4.16. The van der Waals surface area contributed by atoms with E-state index in [2.05, 4.69) is 5.32 Å². The first-order valence-electron chi connectivity index (χ1n) is 5.43. The van der Waals surface area contributed by atoms with Gasteiger partial charge in [0.15, 0.2) is 0 Å². The largest absolute Gasteiger partial charge is 0.467 e. The van der Waals surface area contributed by atoms with E-state index in [4.69, 9.17) is 16.0 Å². The van der Waals surface area contributed by atoms with Crippen molar-refractivity contribution in [3.63, 3.8) is 0 Å². The first-order valence-corrected chi connectivity index (χ1v) is 5.81. The van der Waals surface area contributed by atoms with E-state index in [1.54, 1.807) is 18.4 Å². The summed E-state index contributed by atoms with van der Waals surface area (Å²) in [5, 5.41) is 13.6. The maximum Gasteiger partial charge on any atom is 0.133 e. The van der Waals surface area contributed by atoms with E-state index in [1.807, 2.05) is 24.3 Å². The van der Waals surface area contributed by atoms with Crippen LogP contribution in [-0.4, -0.2) is 11.7 Å². The van der Waals surface area contributed by atoms with Crippen molar-refractivity contribution in [2.45, 2.75) is 12.6 Å². The van der Waals surface area contributed by atoms with Crippen LogP contribution >= 0.6 is 11.6 Å². The van der Waals surface area contributed by atoms with Crippen LogP contribution < -0.4 is 5.32 Å². The normalized spacial score (nSPS) is 12.6. The van der Waals surface area contributed by atoms with E-state index in [0.29, 0.717) is 18.8 Å². The highest BCUT2D eigenvalue weighted by molar-refractivity contribution is 6.31. The molecule has 0 aliphatic carbocycles. The molecule has 90 valence electrons. The summed E-state index contributed by atoms with van der Waals surface area (Å²) in [4.78, 5) is 0. The van der Waals surface area contributed by atoms with Gasteiger partial charge < -0.3 is 14.8 Å². The Kier molecular flexibility index (Phi) is 4.20. The van der Waals surface area contributed by atoms with Gasteiger partial charge >= 0.3 is 0 Å². The molecule has 3 nitrogen and oxygen atoms in total. The summed E-state index contributed by atoms with van der Waals surface area (Å²) in [5.41, 5.74) is 1.01. The maximum atomic E-state index is 9.77. The van der Waals surface area contributed by atoms with Crippen LogP contribution in [0.1, 0.15) is 17.4 Å². The highest BCUT2D eigenvalue weighted by Crippen LogP contribution is 2.15. The molecule has 0 radical (unpaired) electrons. The Morgan fingerprint density at radius 2 is 2.06 bits per heavy atom. The summed E-state index contributed by atoms with van der Waals surface area (Å²) in [6, 6.07) is 11.1. The molecule has 2 N–H and O–H groups in total. The molecule has 0 fully saturated rings. The average Bonchev–Trinajstić information content (AvgIpc) is 2.85. The Balaban J connectivity index is 1.82. The number of halogens is 1. The minimum Gasteiger partial charge on any atom is -0.467 e. The lowest BCUT2D eigenvalue weighted by Gasteiger charge is -2.10. The summed E-state index contributed by atoms with van der Waals surface area (Å²) in [7, 11) is 0. The van der Waals surface area contributed by atoms with Gasteiger partial charge in [0.05, 0.1) is 6.26 Å². The Labute approximate surface area is 105 Å². The number of aliphatic hydroxyl groups excluding tert-OH is 1. The molecule has 1 atom stereocenters. The predicted octanol–water partition coefficient (Wildman–Crippen LogP) is 2.76. The van der Waals surface area contributed by atoms with Gasteiger partial charge in [0.25, 0.3) is 0 Å². The van der Waals surface area contributed by atoms with Gasteiger partial charge in [-0.3, -0.25) is 0 Å². The summed E-state index contributed by atoms with van der Waals surface area (Å²) in [6.07, 6.45) is 0.916. The first kappa shape index (κ1) is 12.2. The average molecular weight is 252 g/mol. The zero-order chi connectivity index (χ0) is 12.1. The van der Waals surface area contributed by atoms with Gasteiger partial charge in [-0.2, -0.15) is 0 Å². The minimum atomic E-state index is -0.632. The number of hydrogen-bond acceptors (Lipinski definition) is 3. The Morgan fingerprint density at radius 1 is 1.24 bits per heavy atom. The standard InChI is InChI=1S/C13H14ClNO2/c14-11-5-2-1-4-10(11)8-15-9-12(16)13-6-3-7-17-13/h1-7,12,15-16H,8-9H2. The second-order valence-electron chi connectivity index (χ2n) is 3.75. The lowest BCUT2D eigenvalue weighted by Crippen LogP contribution is -2.20. The molecule has 0 bridgehead atoms. The van der Waals surface area contributed by atoms with Crippen molar-refractivity contribution in [2.24, 2.45) is 0 Å². The van der Waals surface area contributed by atoms with Crippen molar-refractivity contribution < 1.29 is 9.52 Å². The van der Waals surface area contributed by atoms with Gasteiger partial charge in [0, 0.05) is 18.1 Å². The van der Waals surface area contributed by atoms with Crippen molar-refractivity contribution in [3.05, 3.63) is 59.0 Å². The zero-order valence-electron chi connectivity index (χ0n) is 9.27. The molecule has 0 amide bonds. The summed E-state index contributed by atoms with van der Waals surface area (Å²) >= 11 is 6.02. The third kappa shape index (κ3) is 3.33. The first-order chi connectivity index (χ1) is 8.27. The summed E-state index contributed by atoms with van der Waals surface area (Å²) < 4.78 is 5.11. The van der Waals surface area contributed by atoms with Crippen molar-refractivity contribution in [1.29, 1.82) is 0 Å². The molecular weight excluding hydrogens is 238 g/mol. The van der Waals surface area contributed by atoms with Crippen LogP contribution in [0.3, 0.4) is 0 Å². The minimum absolute atomic E-state index is 0.429. The van der Waals surface area contributed by atoms with Crippen molar-refractivity contribution in [2.75, 3.05) is 6.54 Å². The van der Waals surface area contributed by atoms with Crippen molar-refractivity contribution in [3.8, 4) is 0 Å². The van der Waals surface area contributed by atoms with Gasteiger partial charge in [-0.1, -0.05) is 29.8 Å². The molecule has 0 saturated carbocycles. The molecular formula is C13H14ClNO2. The number of rotatable bonds is 5. The van der Waals surface area contributed by atoms with Gasteiger partial charge in [-0.05, 0) is 23.8 Å². The van der Waals surface area contributed by atoms with Crippen LogP contribution in [0.25, 0.3) is 0 Å². The van der Waals surface area contributed by atoms with E-state index in [1.165, 1.54) is 0 Å². The maximum absolute atomic E-state index is 9.77. The molecule has 0 saturated heterocycles. The van der Waals surface area contributed by atoms with Gasteiger partial charge in [0.1, 0.15) is 11.9 Å². The van der Waals surface area contributed by atoms with Crippen LogP contribution in [0.15, 0.2) is 47.1 Å². The molecule has 2 aromatic rings. The highest BCUT2D eigenvalue weighted by atomic mass is 35.5. The van der Waals surface area contributed by atoms with Crippen LogP contribution in [-0.2, 0) is 6.54 Å². The quantitative estimate of drug-likeness (QED) is 0.859. The molecule has 1 unspecified atom stereocenters. The second kappa shape index (κ2) is 5.87. The SMILES string of the molecule is OC(CNCc1ccccc1Cl)c1ccco1. The Bertz CT molecular complexity index is 456. The van der Waals surface area contributed by atoms with Gasteiger partial charge in [-0.15, -0.1) is 0 Å². The number of nitrogens with one attached hydrogen (secondary N) is 1. The Morgan fingerprint density at radius 3 is 2.76 bits per heavy atom. The highest BCUT2D eigenvalue weighted by Gasteiger charge is 2.09. The third-order valence-electron chi connectivity index (χ3n) is 2.48. The third-order valence-corrected chi connectivity index (χ3v) is 2.85. The fourth-order valence-electron chi connectivity index (χ4n) is 1.57. The molecule has 4 heteroatoms. The molecule has 17 heavy (non-hydrogen) atoms. The fourth-order valence-corrected chi connectivity index (χ4v) is 1.77. The molecule has 1 aromatic carbocycles. The zero-order valence-corrected chi connectivity index (χ0v) is 10.0. The van der Waals surface area contributed by atoms with E-state index in [0.717, 1.165) is 10.6 Å². The number of benzene rings is 1. The fraction of sp³-hybridized carbons (Fsp3) is 0.231. The van der Waals surface area contributed by atoms with E-state index in [9.17, 15) is 5.11 Å². The molecule has 1 aromatic heterocycles.